The van der Waals surface area contributed by atoms with Crippen molar-refractivity contribution in [2.75, 3.05) is 17.6 Å². The molecule has 98 valence electrons. The SMILES string of the molecule is CC(=O)c1cc(NCC2CCCC2O)ccc1N. The lowest BCUT2D eigenvalue weighted by Gasteiger charge is -2.16. The Balaban J connectivity index is 2.01. The molecule has 2 rings (SSSR count). The molecule has 1 aromatic rings. The van der Waals surface area contributed by atoms with E-state index >= 15 is 0 Å². The van der Waals surface area contributed by atoms with Crippen molar-refractivity contribution in [3.05, 3.63) is 23.8 Å². The van der Waals surface area contributed by atoms with Gasteiger partial charge in [-0.1, -0.05) is 6.42 Å². The first-order chi connectivity index (χ1) is 8.58. The van der Waals surface area contributed by atoms with Crippen molar-refractivity contribution >= 4 is 17.2 Å². The fraction of sp³-hybridized carbons (Fsp3) is 0.500. The number of anilines is 2. The Morgan fingerprint density at radius 2 is 2.28 bits per heavy atom. The Hall–Kier alpha value is -1.55. The minimum absolute atomic E-state index is 0.0305. The number of carbonyl (C=O) groups is 1. The van der Waals surface area contributed by atoms with Gasteiger partial charge in [0.1, 0.15) is 0 Å². The van der Waals surface area contributed by atoms with Gasteiger partial charge in [0.25, 0.3) is 0 Å². The van der Waals surface area contributed by atoms with Gasteiger partial charge in [-0.25, -0.2) is 0 Å². The van der Waals surface area contributed by atoms with Crippen LogP contribution in [0.15, 0.2) is 18.2 Å². The van der Waals surface area contributed by atoms with Crippen molar-refractivity contribution < 1.29 is 9.90 Å². The summed E-state index contributed by atoms with van der Waals surface area (Å²) in [6, 6.07) is 5.38. The van der Waals surface area contributed by atoms with Crippen molar-refractivity contribution in [2.24, 2.45) is 5.92 Å². The van der Waals surface area contributed by atoms with Crippen LogP contribution in [0.2, 0.25) is 0 Å². The van der Waals surface area contributed by atoms with Gasteiger partial charge in [-0.2, -0.15) is 0 Å². The molecule has 2 unspecified atom stereocenters. The normalized spacial score (nSPS) is 23.0. The van der Waals surface area contributed by atoms with Crippen LogP contribution < -0.4 is 11.1 Å². The second-order valence-electron chi connectivity index (χ2n) is 5.00. The van der Waals surface area contributed by atoms with Crippen molar-refractivity contribution in [3.63, 3.8) is 0 Å². The second-order valence-corrected chi connectivity index (χ2v) is 5.00. The van der Waals surface area contributed by atoms with Gasteiger partial charge >= 0.3 is 0 Å². The minimum atomic E-state index is -0.196. The van der Waals surface area contributed by atoms with E-state index in [1.54, 1.807) is 12.1 Å². The zero-order valence-electron chi connectivity index (χ0n) is 10.6. The molecule has 0 spiro atoms. The van der Waals surface area contributed by atoms with E-state index in [9.17, 15) is 9.90 Å². The lowest BCUT2D eigenvalue weighted by molar-refractivity contribution is 0.101. The number of Topliss-reactive ketones (excluding diaryl/α,β-unsaturated/α-hetero) is 1. The maximum Gasteiger partial charge on any atom is 0.161 e. The quantitative estimate of drug-likeness (QED) is 0.563. The smallest absolute Gasteiger partial charge is 0.161 e. The van der Waals surface area contributed by atoms with Crippen molar-refractivity contribution in [2.45, 2.75) is 32.3 Å². The molecule has 1 aliphatic rings. The van der Waals surface area contributed by atoms with Gasteiger partial charge in [0.05, 0.1) is 6.10 Å². The van der Waals surface area contributed by atoms with E-state index in [4.69, 9.17) is 5.73 Å². The number of nitrogen functional groups attached to an aromatic ring is 1. The van der Waals surface area contributed by atoms with E-state index < -0.39 is 0 Å². The summed E-state index contributed by atoms with van der Waals surface area (Å²) in [5.41, 5.74) is 7.68. The maximum atomic E-state index is 11.4. The number of aliphatic hydroxyl groups excluding tert-OH is 1. The summed E-state index contributed by atoms with van der Waals surface area (Å²) >= 11 is 0. The number of carbonyl (C=O) groups excluding carboxylic acids is 1. The van der Waals surface area contributed by atoms with Crippen molar-refractivity contribution in [3.8, 4) is 0 Å². The van der Waals surface area contributed by atoms with Crippen LogP contribution in [0, 0.1) is 5.92 Å². The van der Waals surface area contributed by atoms with E-state index in [2.05, 4.69) is 5.32 Å². The molecule has 4 heteroatoms. The van der Waals surface area contributed by atoms with Crippen LogP contribution in [0.1, 0.15) is 36.5 Å². The number of hydrogen-bond acceptors (Lipinski definition) is 4. The van der Waals surface area contributed by atoms with Crippen molar-refractivity contribution in [1.82, 2.24) is 0 Å². The highest BCUT2D eigenvalue weighted by Gasteiger charge is 2.24. The first kappa shape index (κ1) is 12.9. The Bertz CT molecular complexity index is 445. The van der Waals surface area contributed by atoms with Gasteiger partial charge in [-0.05, 0) is 38.0 Å². The number of nitrogens with one attached hydrogen (secondary N) is 1. The van der Waals surface area contributed by atoms with Crippen LogP contribution in [0.5, 0.6) is 0 Å². The van der Waals surface area contributed by atoms with Gasteiger partial charge in [-0.3, -0.25) is 4.79 Å². The molecule has 0 aromatic heterocycles. The Labute approximate surface area is 107 Å². The molecule has 0 aliphatic heterocycles. The highest BCUT2D eigenvalue weighted by Crippen LogP contribution is 2.26. The Morgan fingerprint density at radius 3 is 2.89 bits per heavy atom. The fourth-order valence-electron chi connectivity index (χ4n) is 2.48. The van der Waals surface area contributed by atoms with E-state index in [1.807, 2.05) is 6.07 Å². The lowest BCUT2D eigenvalue weighted by Crippen LogP contribution is -2.22. The summed E-state index contributed by atoms with van der Waals surface area (Å²) in [7, 11) is 0. The average Bonchev–Trinajstić information content (AvgIpc) is 2.73. The summed E-state index contributed by atoms with van der Waals surface area (Å²) in [5.74, 6) is 0.278. The van der Waals surface area contributed by atoms with Gasteiger partial charge < -0.3 is 16.2 Å². The van der Waals surface area contributed by atoms with Gasteiger partial charge in [0.15, 0.2) is 5.78 Å². The fourth-order valence-corrected chi connectivity index (χ4v) is 2.48. The topological polar surface area (TPSA) is 75.3 Å². The van der Waals surface area contributed by atoms with Crippen LogP contribution >= 0.6 is 0 Å². The molecule has 1 saturated carbocycles. The molecule has 0 radical (unpaired) electrons. The minimum Gasteiger partial charge on any atom is -0.398 e. The van der Waals surface area contributed by atoms with Crippen LogP contribution in [-0.4, -0.2) is 23.5 Å². The molecule has 0 bridgehead atoms. The molecule has 4 N–H and O–H groups in total. The largest absolute Gasteiger partial charge is 0.398 e. The molecule has 1 aromatic carbocycles. The monoisotopic (exact) mass is 248 g/mol. The molecule has 2 atom stereocenters. The van der Waals surface area contributed by atoms with E-state index in [1.165, 1.54) is 6.92 Å². The third-order valence-electron chi connectivity index (χ3n) is 3.62. The van der Waals surface area contributed by atoms with E-state index in [0.717, 1.165) is 31.5 Å². The highest BCUT2D eigenvalue weighted by molar-refractivity contribution is 5.99. The number of hydrogen-bond donors (Lipinski definition) is 3. The standard InChI is InChI=1S/C14H20N2O2/c1-9(17)12-7-11(5-6-13(12)15)16-8-10-3-2-4-14(10)18/h5-7,10,14,16,18H,2-4,8,15H2,1H3. The molecule has 0 saturated heterocycles. The Kier molecular flexibility index (Phi) is 3.87. The molecule has 4 nitrogen and oxygen atoms in total. The highest BCUT2D eigenvalue weighted by atomic mass is 16.3. The number of nitrogens with two attached hydrogens (primary N) is 1. The van der Waals surface area contributed by atoms with Crippen molar-refractivity contribution in [1.29, 1.82) is 0 Å². The number of aliphatic hydroxyl groups is 1. The first-order valence-electron chi connectivity index (χ1n) is 6.40. The van der Waals surface area contributed by atoms with Gasteiger partial charge in [0.2, 0.25) is 0 Å². The summed E-state index contributed by atoms with van der Waals surface area (Å²) in [6.45, 7) is 2.25. The lowest BCUT2D eigenvalue weighted by atomic mass is 10.1. The molecular formula is C14H20N2O2. The third kappa shape index (κ3) is 2.82. The number of ketones is 1. The molecule has 1 aliphatic carbocycles. The summed E-state index contributed by atoms with van der Waals surface area (Å²) in [4.78, 5) is 11.4. The number of rotatable bonds is 4. The zero-order valence-corrected chi connectivity index (χ0v) is 10.6. The molecular weight excluding hydrogens is 228 g/mol. The molecule has 18 heavy (non-hydrogen) atoms. The third-order valence-corrected chi connectivity index (χ3v) is 3.62. The predicted molar refractivity (Wildman–Crippen MR) is 72.7 cm³/mol. The van der Waals surface area contributed by atoms with Crippen LogP contribution in [0.25, 0.3) is 0 Å². The average molecular weight is 248 g/mol. The summed E-state index contributed by atoms with van der Waals surface area (Å²) < 4.78 is 0. The summed E-state index contributed by atoms with van der Waals surface area (Å²) in [5, 5.41) is 13.0. The van der Waals surface area contributed by atoms with Crippen LogP contribution in [0.3, 0.4) is 0 Å². The maximum absolute atomic E-state index is 11.4. The van der Waals surface area contributed by atoms with E-state index in [-0.39, 0.29) is 11.9 Å². The Morgan fingerprint density at radius 1 is 1.50 bits per heavy atom. The van der Waals surface area contributed by atoms with Crippen LogP contribution in [-0.2, 0) is 0 Å². The summed E-state index contributed by atoms with van der Waals surface area (Å²) in [6.07, 6.45) is 2.85. The second kappa shape index (κ2) is 5.40. The molecule has 1 fully saturated rings. The van der Waals surface area contributed by atoms with Crippen LogP contribution in [0.4, 0.5) is 11.4 Å². The predicted octanol–water partition coefficient (Wildman–Crippen LogP) is 2.04. The van der Waals surface area contributed by atoms with Gasteiger partial charge in [0, 0.05) is 29.4 Å². The van der Waals surface area contributed by atoms with E-state index in [0.29, 0.717) is 17.2 Å². The number of benzene rings is 1. The molecule has 0 heterocycles. The zero-order chi connectivity index (χ0) is 13.1. The molecule has 0 amide bonds. The van der Waals surface area contributed by atoms with Gasteiger partial charge in [-0.15, -0.1) is 0 Å². The first-order valence-corrected chi connectivity index (χ1v) is 6.40.